The number of nitrogens with one attached hydrogen (secondary N) is 1. The van der Waals surface area contributed by atoms with Crippen molar-refractivity contribution in [2.75, 3.05) is 13.2 Å². The van der Waals surface area contributed by atoms with Gasteiger partial charge in [0.1, 0.15) is 6.61 Å². The number of aryl methyl sites for hydroxylation is 3. The van der Waals surface area contributed by atoms with Gasteiger partial charge in [0.15, 0.2) is 0 Å². The molecule has 0 fully saturated rings. The number of benzene rings is 1. The van der Waals surface area contributed by atoms with Gasteiger partial charge >= 0.3 is 6.18 Å². The molecule has 1 aromatic rings. The van der Waals surface area contributed by atoms with Gasteiger partial charge in [-0.1, -0.05) is 12.1 Å². The minimum Gasteiger partial charge on any atom is -0.372 e. The lowest BCUT2D eigenvalue weighted by Gasteiger charge is -2.20. The van der Waals surface area contributed by atoms with E-state index in [0.29, 0.717) is 6.42 Å². The van der Waals surface area contributed by atoms with Crippen LogP contribution in [0.25, 0.3) is 0 Å². The summed E-state index contributed by atoms with van der Waals surface area (Å²) < 4.78 is 40.6. The molecule has 0 radical (unpaired) electrons. The second-order valence-electron chi connectivity index (χ2n) is 4.97. The van der Waals surface area contributed by atoms with Gasteiger partial charge in [0.05, 0.1) is 0 Å². The second-order valence-corrected chi connectivity index (χ2v) is 4.97. The Kier molecular flexibility index (Phi) is 5.98. The van der Waals surface area contributed by atoms with Crippen molar-refractivity contribution in [1.29, 1.82) is 0 Å². The Morgan fingerprint density at radius 3 is 2.30 bits per heavy atom. The molecule has 0 bridgehead atoms. The maximum absolute atomic E-state index is 12.0. The zero-order chi connectivity index (χ0) is 15.3. The highest BCUT2D eigenvalue weighted by Crippen LogP contribution is 2.24. The van der Waals surface area contributed by atoms with Crippen LogP contribution >= 0.6 is 0 Å². The molecule has 20 heavy (non-hydrogen) atoms. The minimum absolute atomic E-state index is 0.000735. The first kappa shape index (κ1) is 16.9. The summed E-state index contributed by atoms with van der Waals surface area (Å²) in [6, 6.07) is 3.84. The van der Waals surface area contributed by atoms with Gasteiger partial charge in [-0.3, -0.25) is 11.3 Å². The summed E-state index contributed by atoms with van der Waals surface area (Å²) in [5, 5.41) is 0. The summed E-state index contributed by atoms with van der Waals surface area (Å²) in [6.07, 6.45) is -3.90. The maximum Gasteiger partial charge on any atom is 0.411 e. The molecule has 3 nitrogen and oxygen atoms in total. The SMILES string of the molecule is Cc1cc(C)c(C(CCOCC(F)(F)F)NN)cc1C. The van der Waals surface area contributed by atoms with E-state index in [1.807, 2.05) is 32.9 Å². The molecule has 0 aliphatic rings. The Morgan fingerprint density at radius 1 is 1.15 bits per heavy atom. The van der Waals surface area contributed by atoms with Gasteiger partial charge in [0.2, 0.25) is 0 Å². The number of rotatable bonds is 6. The van der Waals surface area contributed by atoms with Crippen LogP contribution in [0, 0.1) is 20.8 Å². The third-order valence-corrected chi connectivity index (χ3v) is 3.28. The van der Waals surface area contributed by atoms with Gasteiger partial charge in [0, 0.05) is 12.6 Å². The minimum atomic E-state index is -4.29. The molecule has 0 aliphatic heterocycles. The zero-order valence-corrected chi connectivity index (χ0v) is 12.0. The molecule has 0 amide bonds. The fourth-order valence-corrected chi connectivity index (χ4v) is 2.08. The van der Waals surface area contributed by atoms with E-state index in [9.17, 15) is 13.2 Å². The average Bonchev–Trinajstić information content (AvgIpc) is 2.33. The van der Waals surface area contributed by atoms with Crippen molar-refractivity contribution in [3.63, 3.8) is 0 Å². The summed E-state index contributed by atoms with van der Waals surface area (Å²) >= 11 is 0. The van der Waals surface area contributed by atoms with Crippen molar-refractivity contribution in [3.8, 4) is 0 Å². The van der Waals surface area contributed by atoms with Crippen LogP contribution in [0.15, 0.2) is 12.1 Å². The molecule has 0 saturated heterocycles. The normalized spacial score (nSPS) is 13.6. The number of hydrogen-bond donors (Lipinski definition) is 2. The van der Waals surface area contributed by atoms with Crippen LogP contribution in [0.5, 0.6) is 0 Å². The van der Waals surface area contributed by atoms with Crippen LogP contribution in [0.1, 0.15) is 34.7 Å². The van der Waals surface area contributed by atoms with E-state index in [4.69, 9.17) is 5.84 Å². The number of halogens is 3. The summed E-state index contributed by atoms with van der Waals surface area (Å²) in [4.78, 5) is 0. The predicted octanol–water partition coefficient (Wildman–Crippen LogP) is 3.09. The number of alkyl halides is 3. The lowest BCUT2D eigenvalue weighted by molar-refractivity contribution is -0.174. The third-order valence-electron chi connectivity index (χ3n) is 3.28. The molecule has 1 unspecified atom stereocenters. The maximum atomic E-state index is 12.0. The van der Waals surface area contributed by atoms with Gasteiger partial charge in [-0.25, -0.2) is 0 Å². The van der Waals surface area contributed by atoms with Crippen molar-refractivity contribution in [1.82, 2.24) is 5.43 Å². The molecule has 114 valence electrons. The van der Waals surface area contributed by atoms with E-state index < -0.39 is 12.8 Å². The van der Waals surface area contributed by atoms with Crippen LogP contribution < -0.4 is 11.3 Å². The lowest BCUT2D eigenvalue weighted by Crippen LogP contribution is -2.30. The van der Waals surface area contributed by atoms with Gasteiger partial charge in [0.25, 0.3) is 0 Å². The smallest absolute Gasteiger partial charge is 0.372 e. The van der Waals surface area contributed by atoms with Crippen molar-refractivity contribution in [2.45, 2.75) is 39.4 Å². The van der Waals surface area contributed by atoms with Crippen molar-refractivity contribution >= 4 is 0 Å². The average molecular weight is 290 g/mol. The van der Waals surface area contributed by atoms with E-state index in [-0.39, 0.29) is 12.6 Å². The number of hydrogen-bond acceptors (Lipinski definition) is 3. The van der Waals surface area contributed by atoms with E-state index in [2.05, 4.69) is 10.2 Å². The van der Waals surface area contributed by atoms with Crippen LogP contribution in [-0.4, -0.2) is 19.4 Å². The highest BCUT2D eigenvalue weighted by atomic mass is 19.4. The molecule has 0 saturated carbocycles. The number of hydrazine groups is 1. The van der Waals surface area contributed by atoms with E-state index in [1.54, 1.807) is 0 Å². The Bertz CT molecular complexity index is 447. The molecule has 1 rings (SSSR count). The van der Waals surface area contributed by atoms with Crippen molar-refractivity contribution in [2.24, 2.45) is 5.84 Å². The first-order chi connectivity index (χ1) is 9.24. The molecule has 0 spiro atoms. The standard InChI is InChI=1S/C14H21F3N2O/c1-9-6-11(3)12(7-10(9)2)13(19-18)4-5-20-8-14(15,16)17/h6-7,13,19H,4-5,8,18H2,1-3H3. The largest absolute Gasteiger partial charge is 0.411 e. The molecule has 1 atom stereocenters. The van der Waals surface area contributed by atoms with Crippen LogP contribution in [0.3, 0.4) is 0 Å². The van der Waals surface area contributed by atoms with E-state index in [1.165, 1.54) is 5.56 Å². The summed E-state index contributed by atoms with van der Waals surface area (Å²) in [7, 11) is 0. The van der Waals surface area contributed by atoms with Crippen molar-refractivity contribution < 1.29 is 17.9 Å². The highest BCUT2D eigenvalue weighted by molar-refractivity contribution is 5.38. The van der Waals surface area contributed by atoms with Gasteiger partial charge < -0.3 is 4.74 Å². The molecule has 0 heterocycles. The van der Waals surface area contributed by atoms with E-state index in [0.717, 1.165) is 16.7 Å². The summed E-state index contributed by atoms with van der Waals surface area (Å²) in [5.74, 6) is 5.50. The lowest BCUT2D eigenvalue weighted by atomic mass is 9.94. The predicted molar refractivity (Wildman–Crippen MR) is 72.2 cm³/mol. The van der Waals surface area contributed by atoms with Crippen LogP contribution in [0.2, 0.25) is 0 Å². The van der Waals surface area contributed by atoms with Crippen LogP contribution in [-0.2, 0) is 4.74 Å². The van der Waals surface area contributed by atoms with Gasteiger partial charge in [-0.15, -0.1) is 0 Å². The van der Waals surface area contributed by atoms with Gasteiger partial charge in [-0.2, -0.15) is 13.2 Å². The molecule has 6 heteroatoms. The topological polar surface area (TPSA) is 47.3 Å². The molecule has 0 aliphatic carbocycles. The Morgan fingerprint density at radius 2 is 1.75 bits per heavy atom. The fraction of sp³-hybridized carbons (Fsp3) is 0.571. The quantitative estimate of drug-likeness (QED) is 0.481. The molecule has 3 N–H and O–H groups in total. The number of ether oxygens (including phenoxy) is 1. The van der Waals surface area contributed by atoms with Gasteiger partial charge in [-0.05, 0) is 49.4 Å². The summed E-state index contributed by atoms with van der Waals surface area (Å²) in [6.45, 7) is 4.75. The first-order valence-corrected chi connectivity index (χ1v) is 6.43. The molecular weight excluding hydrogens is 269 g/mol. The Hall–Kier alpha value is -1.11. The summed E-state index contributed by atoms with van der Waals surface area (Å²) in [5.41, 5.74) is 7.00. The second kappa shape index (κ2) is 7.06. The fourth-order valence-electron chi connectivity index (χ4n) is 2.08. The molecule has 1 aromatic carbocycles. The van der Waals surface area contributed by atoms with Crippen LogP contribution in [0.4, 0.5) is 13.2 Å². The van der Waals surface area contributed by atoms with Crippen molar-refractivity contribution in [3.05, 3.63) is 34.4 Å². The molecular formula is C14H21F3N2O. The van der Waals surface area contributed by atoms with E-state index >= 15 is 0 Å². The first-order valence-electron chi connectivity index (χ1n) is 6.43. The Balaban J connectivity index is 2.65. The Labute approximate surface area is 117 Å². The molecule has 0 aromatic heterocycles. The third kappa shape index (κ3) is 5.11. The number of nitrogens with two attached hydrogens (primary N) is 1. The zero-order valence-electron chi connectivity index (χ0n) is 12.0. The highest BCUT2D eigenvalue weighted by Gasteiger charge is 2.27. The monoisotopic (exact) mass is 290 g/mol.